The summed E-state index contributed by atoms with van der Waals surface area (Å²) in [6.07, 6.45) is 45.0. The molecule has 0 saturated carbocycles. The average molecular weight is 800 g/mol. The number of carbonyl (C=O) groups excluding carboxylic acids is 3. The van der Waals surface area contributed by atoms with Gasteiger partial charge in [-0.3, -0.25) is 9.59 Å². The predicted octanol–water partition coefficient (Wildman–Crippen LogP) is 10.2. The number of aliphatic carboxylic acids is 1. The van der Waals surface area contributed by atoms with E-state index in [-0.39, 0.29) is 38.6 Å². The number of ether oxygens (including phenoxy) is 4. The molecule has 9 heteroatoms. The second-order valence-corrected chi connectivity index (χ2v) is 15.6. The third-order valence-corrected chi connectivity index (χ3v) is 8.94. The summed E-state index contributed by atoms with van der Waals surface area (Å²) in [4.78, 5) is 36.9. The van der Waals surface area contributed by atoms with Crippen molar-refractivity contribution in [3.63, 3.8) is 0 Å². The summed E-state index contributed by atoms with van der Waals surface area (Å²) in [5, 5.41) is 11.7. The van der Waals surface area contributed by atoms with Gasteiger partial charge in [-0.05, 0) is 83.5 Å². The maximum atomic E-state index is 12.7. The van der Waals surface area contributed by atoms with E-state index in [4.69, 9.17) is 18.9 Å². The van der Waals surface area contributed by atoms with Gasteiger partial charge >= 0.3 is 11.9 Å². The first-order chi connectivity index (χ1) is 27.6. The molecule has 0 amide bonds. The molecular weight excluding hydrogens is 719 g/mol. The SMILES string of the molecule is CC/C=C\C/C=C\C/C=C\C/C=C\CCCCC(=O)OC(COC(=O)CCCCCCCCC/C=C\C/C=C\CCCCC)COC(OCC[N+](C)(C)C)C(=O)[O-]. The van der Waals surface area contributed by atoms with Gasteiger partial charge in [0.25, 0.3) is 0 Å². The summed E-state index contributed by atoms with van der Waals surface area (Å²) >= 11 is 0. The molecule has 0 aromatic rings. The highest BCUT2D eigenvalue weighted by Crippen LogP contribution is 2.12. The van der Waals surface area contributed by atoms with Gasteiger partial charge in [0.1, 0.15) is 13.2 Å². The number of hydrogen-bond donors (Lipinski definition) is 0. The minimum absolute atomic E-state index is 0.134. The standard InChI is InChI=1S/C48H81NO8/c1-6-8-10-12-14-16-18-20-22-23-25-26-28-30-32-34-36-38-45(50)55-42-44(43-56-48(47(52)53)54-41-40-49(3,4)5)57-46(51)39-37-35-33-31-29-27-24-21-19-17-15-13-11-9-7-2/h9,11,14-17,20-22,24,29,31,44,48H,6-8,10,12-13,18-19,23,25-28,30,32-43H2,1-5H3/b11-9-,16-14-,17-15-,22-20-,24-21-,31-29-. The number of carboxylic acids is 1. The molecule has 0 aliphatic heterocycles. The predicted molar refractivity (Wildman–Crippen MR) is 232 cm³/mol. The Labute approximate surface area is 347 Å². The maximum absolute atomic E-state index is 12.7. The summed E-state index contributed by atoms with van der Waals surface area (Å²) in [6.45, 7) is 4.52. The van der Waals surface area contributed by atoms with E-state index in [1.54, 1.807) is 0 Å². The van der Waals surface area contributed by atoms with Gasteiger partial charge in [0.05, 0.1) is 40.3 Å². The molecule has 0 aromatic carbocycles. The van der Waals surface area contributed by atoms with E-state index in [0.29, 0.717) is 17.4 Å². The van der Waals surface area contributed by atoms with Crippen molar-refractivity contribution in [1.29, 1.82) is 0 Å². The molecule has 0 N–H and O–H groups in total. The van der Waals surface area contributed by atoms with Crippen LogP contribution in [0.15, 0.2) is 72.9 Å². The molecule has 0 heterocycles. The van der Waals surface area contributed by atoms with Crippen molar-refractivity contribution < 1.29 is 42.9 Å². The van der Waals surface area contributed by atoms with Crippen LogP contribution in [-0.2, 0) is 33.3 Å². The lowest BCUT2D eigenvalue weighted by atomic mass is 10.1. The molecule has 0 bridgehead atoms. The Bertz CT molecular complexity index is 1160. The van der Waals surface area contributed by atoms with Crippen LogP contribution in [-0.4, -0.2) is 82.3 Å². The number of quaternary nitrogens is 1. The molecule has 0 saturated heterocycles. The lowest BCUT2D eigenvalue weighted by Crippen LogP contribution is -2.44. The van der Waals surface area contributed by atoms with Crippen LogP contribution in [0.1, 0.15) is 155 Å². The van der Waals surface area contributed by atoms with Crippen LogP contribution >= 0.6 is 0 Å². The highest BCUT2D eigenvalue weighted by Gasteiger charge is 2.21. The largest absolute Gasteiger partial charge is 0.545 e. The Balaban J connectivity index is 4.54. The second-order valence-electron chi connectivity index (χ2n) is 15.6. The average Bonchev–Trinajstić information content (AvgIpc) is 3.17. The van der Waals surface area contributed by atoms with Gasteiger partial charge in [-0.1, -0.05) is 132 Å². The van der Waals surface area contributed by atoms with E-state index < -0.39 is 24.3 Å². The molecule has 0 spiro atoms. The van der Waals surface area contributed by atoms with Gasteiger partial charge in [0, 0.05) is 12.8 Å². The lowest BCUT2D eigenvalue weighted by molar-refractivity contribution is -0.870. The summed E-state index contributed by atoms with van der Waals surface area (Å²) in [6, 6.07) is 0. The number of hydrogen-bond acceptors (Lipinski definition) is 8. The Morgan fingerprint density at radius 3 is 1.53 bits per heavy atom. The van der Waals surface area contributed by atoms with E-state index in [1.807, 2.05) is 21.1 Å². The Kier molecular flexibility index (Phi) is 37.3. The highest BCUT2D eigenvalue weighted by atomic mass is 16.7. The van der Waals surface area contributed by atoms with Crippen molar-refractivity contribution in [2.24, 2.45) is 0 Å². The van der Waals surface area contributed by atoms with Gasteiger partial charge in [-0.15, -0.1) is 0 Å². The number of nitrogens with zero attached hydrogens (tertiary/aromatic N) is 1. The Morgan fingerprint density at radius 2 is 1.00 bits per heavy atom. The van der Waals surface area contributed by atoms with Crippen molar-refractivity contribution in [3.8, 4) is 0 Å². The van der Waals surface area contributed by atoms with E-state index in [2.05, 4.69) is 86.8 Å². The monoisotopic (exact) mass is 800 g/mol. The zero-order valence-corrected chi connectivity index (χ0v) is 36.7. The molecule has 0 aromatic heterocycles. The minimum atomic E-state index is -1.64. The van der Waals surface area contributed by atoms with E-state index >= 15 is 0 Å². The Morgan fingerprint density at radius 1 is 0.544 bits per heavy atom. The van der Waals surface area contributed by atoms with Crippen LogP contribution in [0.2, 0.25) is 0 Å². The third-order valence-electron chi connectivity index (χ3n) is 8.94. The van der Waals surface area contributed by atoms with Crippen LogP contribution in [0.25, 0.3) is 0 Å². The number of rotatable bonds is 39. The van der Waals surface area contributed by atoms with Crippen molar-refractivity contribution >= 4 is 17.9 Å². The minimum Gasteiger partial charge on any atom is -0.545 e. The number of esters is 2. The summed E-state index contributed by atoms with van der Waals surface area (Å²) in [5.74, 6) is -2.36. The van der Waals surface area contributed by atoms with Gasteiger partial charge in [0.2, 0.25) is 0 Å². The lowest BCUT2D eigenvalue weighted by Gasteiger charge is -2.26. The van der Waals surface area contributed by atoms with Crippen LogP contribution < -0.4 is 5.11 Å². The number of carbonyl (C=O) groups is 3. The van der Waals surface area contributed by atoms with Gasteiger partial charge in [-0.25, -0.2) is 0 Å². The smallest absolute Gasteiger partial charge is 0.306 e. The molecule has 2 atom stereocenters. The van der Waals surface area contributed by atoms with Crippen LogP contribution in [0.3, 0.4) is 0 Å². The van der Waals surface area contributed by atoms with Gasteiger partial charge in [-0.2, -0.15) is 0 Å². The Hall–Kier alpha value is -3.27. The fourth-order valence-electron chi connectivity index (χ4n) is 5.49. The van der Waals surface area contributed by atoms with Crippen molar-refractivity contribution in [2.75, 3.05) is 47.5 Å². The van der Waals surface area contributed by atoms with Crippen LogP contribution in [0.5, 0.6) is 0 Å². The zero-order valence-electron chi connectivity index (χ0n) is 36.7. The molecule has 0 aliphatic carbocycles. The molecule has 0 fully saturated rings. The first-order valence-corrected chi connectivity index (χ1v) is 22.1. The molecule has 0 aliphatic rings. The molecule has 0 radical (unpaired) electrons. The first-order valence-electron chi connectivity index (χ1n) is 22.1. The van der Waals surface area contributed by atoms with Crippen LogP contribution in [0, 0.1) is 0 Å². The molecule has 9 nitrogen and oxygen atoms in total. The summed E-state index contributed by atoms with van der Waals surface area (Å²) < 4.78 is 22.5. The van der Waals surface area contributed by atoms with Gasteiger partial charge < -0.3 is 33.3 Å². The number of likely N-dealkylation sites (N-methyl/N-ethyl adjacent to an activating group) is 1. The molecule has 2 unspecified atom stereocenters. The number of unbranched alkanes of at least 4 members (excludes halogenated alkanes) is 12. The van der Waals surface area contributed by atoms with Gasteiger partial charge in [0.15, 0.2) is 12.4 Å². The topological polar surface area (TPSA) is 111 Å². The third kappa shape index (κ3) is 40.7. The van der Waals surface area contributed by atoms with Crippen molar-refractivity contribution in [1.82, 2.24) is 0 Å². The summed E-state index contributed by atoms with van der Waals surface area (Å²) in [5.41, 5.74) is 0. The quantitative estimate of drug-likeness (QED) is 0.0199. The molecule has 0 rings (SSSR count). The highest BCUT2D eigenvalue weighted by molar-refractivity contribution is 5.70. The van der Waals surface area contributed by atoms with E-state index in [0.717, 1.165) is 77.0 Å². The van der Waals surface area contributed by atoms with Crippen molar-refractivity contribution in [2.45, 2.75) is 167 Å². The van der Waals surface area contributed by atoms with E-state index in [9.17, 15) is 19.5 Å². The fourth-order valence-corrected chi connectivity index (χ4v) is 5.49. The summed E-state index contributed by atoms with van der Waals surface area (Å²) in [7, 11) is 5.88. The second kappa shape index (κ2) is 39.6. The first kappa shape index (κ1) is 53.7. The van der Waals surface area contributed by atoms with Crippen molar-refractivity contribution in [3.05, 3.63) is 72.9 Å². The van der Waals surface area contributed by atoms with E-state index in [1.165, 1.54) is 44.9 Å². The number of carboxylic acid groups (broad SMARTS) is 1. The molecule has 57 heavy (non-hydrogen) atoms. The zero-order chi connectivity index (χ0) is 42.1. The van der Waals surface area contributed by atoms with Crippen LogP contribution in [0.4, 0.5) is 0 Å². The normalized spacial score (nSPS) is 13.6. The number of allylic oxidation sites excluding steroid dienone is 12. The maximum Gasteiger partial charge on any atom is 0.306 e. The molecule has 326 valence electrons. The molecular formula is C48H81NO8. The fraction of sp³-hybridized carbons (Fsp3) is 0.688.